The van der Waals surface area contributed by atoms with Gasteiger partial charge >= 0.3 is 6.18 Å². The number of hydrogen-bond acceptors (Lipinski definition) is 2. The molecule has 2 unspecified atom stereocenters. The van der Waals surface area contributed by atoms with Crippen molar-refractivity contribution in [3.63, 3.8) is 0 Å². The highest BCUT2D eigenvalue weighted by molar-refractivity contribution is 4.81. The first-order valence-corrected chi connectivity index (χ1v) is 6.55. The second-order valence-electron chi connectivity index (χ2n) is 5.33. The molecular weight excluding hydrogens is 229 g/mol. The SMILES string of the molecule is FC(F)(F)C1CCN(CCCC2CCNC2)C1. The highest BCUT2D eigenvalue weighted by Crippen LogP contribution is 2.33. The first-order chi connectivity index (χ1) is 8.05. The van der Waals surface area contributed by atoms with E-state index in [1.807, 2.05) is 4.90 Å². The van der Waals surface area contributed by atoms with Gasteiger partial charge in [0.05, 0.1) is 5.92 Å². The van der Waals surface area contributed by atoms with Crippen molar-refractivity contribution < 1.29 is 13.2 Å². The van der Waals surface area contributed by atoms with Crippen LogP contribution in [-0.4, -0.2) is 43.8 Å². The Morgan fingerprint density at radius 1 is 1.24 bits per heavy atom. The van der Waals surface area contributed by atoms with Gasteiger partial charge in [-0.15, -0.1) is 0 Å². The van der Waals surface area contributed by atoms with Crippen LogP contribution in [0.4, 0.5) is 13.2 Å². The van der Waals surface area contributed by atoms with Crippen LogP contribution >= 0.6 is 0 Å². The number of nitrogens with one attached hydrogen (secondary N) is 1. The number of alkyl halides is 3. The van der Waals surface area contributed by atoms with Crippen LogP contribution in [0.3, 0.4) is 0 Å². The maximum absolute atomic E-state index is 12.5. The van der Waals surface area contributed by atoms with Crippen LogP contribution in [-0.2, 0) is 0 Å². The second kappa shape index (κ2) is 5.57. The third kappa shape index (κ3) is 3.85. The largest absolute Gasteiger partial charge is 0.393 e. The van der Waals surface area contributed by atoms with E-state index in [9.17, 15) is 13.2 Å². The Labute approximate surface area is 101 Å². The Morgan fingerprint density at radius 2 is 2.06 bits per heavy atom. The van der Waals surface area contributed by atoms with E-state index in [0.717, 1.165) is 38.4 Å². The maximum atomic E-state index is 12.5. The van der Waals surface area contributed by atoms with E-state index in [4.69, 9.17) is 0 Å². The third-order valence-corrected chi connectivity index (χ3v) is 3.98. The molecule has 17 heavy (non-hydrogen) atoms. The molecule has 5 heteroatoms. The number of rotatable bonds is 4. The Kier molecular flexibility index (Phi) is 4.31. The normalized spacial score (nSPS) is 31.2. The zero-order valence-electron chi connectivity index (χ0n) is 10.1. The van der Waals surface area contributed by atoms with Crippen LogP contribution in [0.25, 0.3) is 0 Å². The average molecular weight is 250 g/mol. The molecular formula is C12H21F3N2. The van der Waals surface area contributed by atoms with Gasteiger partial charge < -0.3 is 10.2 Å². The lowest BCUT2D eigenvalue weighted by atomic mass is 10.0. The standard InChI is InChI=1S/C12H21F3N2/c13-12(14,15)11-4-7-17(9-11)6-1-2-10-3-5-16-8-10/h10-11,16H,1-9H2. The molecule has 100 valence electrons. The first kappa shape index (κ1) is 13.1. The van der Waals surface area contributed by atoms with Crippen LogP contribution in [0.15, 0.2) is 0 Å². The third-order valence-electron chi connectivity index (χ3n) is 3.98. The van der Waals surface area contributed by atoms with Crippen LogP contribution in [0.5, 0.6) is 0 Å². The van der Waals surface area contributed by atoms with Crippen molar-refractivity contribution in [2.24, 2.45) is 11.8 Å². The van der Waals surface area contributed by atoms with E-state index in [-0.39, 0.29) is 13.0 Å². The van der Waals surface area contributed by atoms with Crippen molar-refractivity contribution in [3.05, 3.63) is 0 Å². The van der Waals surface area contributed by atoms with Crippen molar-refractivity contribution in [2.75, 3.05) is 32.7 Å². The molecule has 0 radical (unpaired) electrons. The molecule has 1 N–H and O–H groups in total. The molecule has 2 rings (SSSR count). The molecule has 2 nitrogen and oxygen atoms in total. The van der Waals surface area contributed by atoms with Crippen LogP contribution < -0.4 is 5.32 Å². The predicted molar refractivity (Wildman–Crippen MR) is 60.8 cm³/mol. The summed E-state index contributed by atoms with van der Waals surface area (Å²) in [5.74, 6) is -0.341. The number of nitrogens with zero attached hydrogens (tertiary/aromatic N) is 1. The Hall–Kier alpha value is -0.290. The van der Waals surface area contributed by atoms with Gasteiger partial charge in [0, 0.05) is 6.54 Å². The topological polar surface area (TPSA) is 15.3 Å². The van der Waals surface area contributed by atoms with Gasteiger partial charge in [0.1, 0.15) is 0 Å². The summed E-state index contributed by atoms with van der Waals surface area (Å²) in [6, 6.07) is 0. The molecule has 2 heterocycles. The molecule has 2 saturated heterocycles. The van der Waals surface area contributed by atoms with Gasteiger partial charge in [-0.2, -0.15) is 13.2 Å². The highest BCUT2D eigenvalue weighted by Gasteiger charge is 2.43. The van der Waals surface area contributed by atoms with Gasteiger partial charge in [0.15, 0.2) is 0 Å². The highest BCUT2D eigenvalue weighted by atomic mass is 19.4. The maximum Gasteiger partial charge on any atom is 0.393 e. The zero-order valence-corrected chi connectivity index (χ0v) is 10.1. The molecule has 0 aromatic heterocycles. The van der Waals surface area contributed by atoms with Crippen LogP contribution in [0.2, 0.25) is 0 Å². The lowest BCUT2D eigenvalue weighted by molar-refractivity contribution is -0.170. The summed E-state index contributed by atoms with van der Waals surface area (Å²) in [6.45, 7) is 3.86. The van der Waals surface area contributed by atoms with Crippen molar-refractivity contribution in [1.82, 2.24) is 10.2 Å². The summed E-state index contributed by atoms with van der Waals surface area (Å²) in [5.41, 5.74) is 0. The molecule has 2 aliphatic heterocycles. The lowest BCUT2D eigenvalue weighted by Gasteiger charge is -2.18. The molecule has 2 aliphatic rings. The summed E-state index contributed by atoms with van der Waals surface area (Å²) in [5, 5.41) is 3.32. The number of halogens is 3. The van der Waals surface area contributed by atoms with E-state index in [1.54, 1.807) is 0 Å². The molecule has 2 atom stereocenters. The fourth-order valence-corrected chi connectivity index (χ4v) is 2.87. The Balaban J connectivity index is 1.61. The predicted octanol–water partition coefficient (Wildman–Crippen LogP) is 2.26. The molecule has 2 fully saturated rings. The van der Waals surface area contributed by atoms with Crippen LogP contribution in [0, 0.1) is 11.8 Å². The van der Waals surface area contributed by atoms with E-state index in [1.165, 1.54) is 6.42 Å². The molecule has 0 aromatic carbocycles. The van der Waals surface area contributed by atoms with E-state index in [2.05, 4.69) is 5.32 Å². The minimum atomic E-state index is -4.00. The van der Waals surface area contributed by atoms with E-state index in [0.29, 0.717) is 6.54 Å². The van der Waals surface area contributed by atoms with Gasteiger partial charge in [-0.3, -0.25) is 0 Å². The molecule has 0 bridgehead atoms. The molecule has 0 saturated carbocycles. The van der Waals surface area contributed by atoms with Gasteiger partial charge in [-0.05, 0) is 57.8 Å². The van der Waals surface area contributed by atoms with Crippen molar-refractivity contribution in [2.45, 2.75) is 31.9 Å². The summed E-state index contributed by atoms with van der Waals surface area (Å²) in [7, 11) is 0. The quantitative estimate of drug-likeness (QED) is 0.823. The minimum absolute atomic E-state index is 0.215. The summed E-state index contributed by atoms with van der Waals surface area (Å²) < 4.78 is 37.4. The van der Waals surface area contributed by atoms with Gasteiger partial charge in [-0.1, -0.05) is 0 Å². The summed E-state index contributed by atoms with van der Waals surface area (Å²) in [4.78, 5) is 1.97. The van der Waals surface area contributed by atoms with Crippen molar-refractivity contribution in [3.8, 4) is 0 Å². The second-order valence-corrected chi connectivity index (χ2v) is 5.33. The lowest BCUT2D eigenvalue weighted by Crippen LogP contribution is -2.28. The van der Waals surface area contributed by atoms with Crippen molar-refractivity contribution in [1.29, 1.82) is 0 Å². The van der Waals surface area contributed by atoms with E-state index < -0.39 is 12.1 Å². The Morgan fingerprint density at radius 3 is 2.65 bits per heavy atom. The molecule has 0 amide bonds. The van der Waals surface area contributed by atoms with Gasteiger partial charge in [0.2, 0.25) is 0 Å². The zero-order chi connectivity index (χ0) is 12.3. The monoisotopic (exact) mass is 250 g/mol. The smallest absolute Gasteiger partial charge is 0.316 e. The summed E-state index contributed by atoms with van der Waals surface area (Å²) in [6.07, 6.45) is -0.291. The van der Waals surface area contributed by atoms with E-state index >= 15 is 0 Å². The number of likely N-dealkylation sites (tertiary alicyclic amines) is 1. The average Bonchev–Trinajstić information content (AvgIpc) is 2.86. The van der Waals surface area contributed by atoms with Gasteiger partial charge in [-0.25, -0.2) is 0 Å². The number of hydrogen-bond donors (Lipinski definition) is 1. The Bertz CT molecular complexity index is 236. The molecule has 0 aromatic rings. The molecule has 0 spiro atoms. The molecule has 0 aliphatic carbocycles. The first-order valence-electron chi connectivity index (χ1n) is 6.55. The fraction of sp³-hybridized carbons (Fsp3) is 1.00. The fourth-order valence-electron chi connectivity index (χ4n) is 2.87. The van der Waals surface area contributed by atoms with Gasteiger partial charge in [0.25, 0.3) is 0 Å². The minimum Gasteiger partial charge on any atom is -0.316 e. The van der Waals surface area contributed by atoms with Crippen LogP contribution in [0.1, 0.15) is 25.7 Å². The summed E-state index contributed by atoms with van der Waals surface area (Å²) >= 11 is 0. The van der Waals surface area contributed by atoms with Crippen molar-refractivity contribution >= 4 is 0 Å².